The molecule has 0 spiro atoms. The fourth-order valence-corrected chi connectivity index (χ4v) is 4.58. The van der Waals surface area contributed by atoms with Crippen LogP contribution in [0.2, 0.25) is 0 Å². The fraction of sp³-hybridized carbons (Fsp3) is 0.167. The molecule has 0 unspecified atom stereocenters. The van der Waals surface area contributed by atoms with Crippen molar-refractivity contribution in [2.75, 3.05) is 29.9 Å². The van der Waals surface area contributed by atoms with Crippen LogP contribution in [0.15, 0.2) is 62.8 Å². The summed E-state index contributed by atoms with van der Waals surface area (Å²) < 4.78 is 41.1. The lowest BCUT2D eigenvalue weighted by Gasteiger charge is -2.18. The number of ether oxygens (including phenoxy) is 2. The lowest BCUT2D eigenvalue weighted by atomic mass is 10.3. The highest BCUT2D eigenvalue weighted by Crippen LogP contribution is 2.26. The molecule has 3 aromatic rings. The Morgan fingerprint density at radius 2 is 1.93 bits per heavy atom. The highest BCUT2D eigenvalue weighted by molar-refractivity contribution is 7.94. The first-order chi connectivity index (χ1) is 14.4. The molecule has 0 aliphatic heterocycles. The number of carbonyl (C=O) groups excluding carboxylic acids is 2. The number of amides is 1. The van der Waals surface area contributed by atoms with E-state index >= 15 is 0 Å². The van der Waals surface area contributed by atoms with E-state index in [0.29, 0.717) is 11.4 Å². The summed E-state index contributed by atoms with van der Waals surface area (Å²) in [5.74, 6) is -0.772. The van der Waals surface area contributed by atoms with E-state index in [2.05, 4.69) is 15.0 Å². The second-order valence-electron chi connectivity index (χ2n) is 5.78. The van der Waals surface area contributed by atoms with E-state index in [1.807, 2.05) is 0 Å². The molecule has 0 atom stereocenters. The summed E-state index contributed by atoms with van der Waals surface area (Å²) in [4.78, 5) is 23.3. The monoisotopic (exact) mass is 451 g/mol. The predicted octanol–water partition coefficient (Wildman–Crippen LogP) is 2.12. The zero-order valence-electron chi connectivity index (χ0n) is 15.7. The van der Waals surface area contributed by atoms with Crippen LogP contribution in [-0.2, 0) is 24.3 Å². The van der Waals surface area contributed by atoms with Gasteiger partial charge in [0.1, 0.15) is 16.2 Å². The third-order valence-corrected chi connectivity index (χ3v) is 6.90. The summed E-state index contributed by atoms with van der Waals surface area (Å²) in [6.45, 7) is -0.917. The van der Waals surface area contributed by atoms with Crippen molar-refractivity contribution in [3.63, 3.8) is 0 Å². The van der Waals surface area contributed by atoms with Gasteiger partial charge in [0.2, 0.25) is 0 Å². The van der Waals surface area contributed by atoms with Gasteiger partial charge in [-0.3, -0.25) is 9.10 Å². The molecule has 0 fully saturated rings. The molecule has 30 heavy (non-hydrogen) atoms. The largest absolute Gasteiger partial charge is 0.482 e. The van der Waals surface area contributed by atoms with Gasteiger partial charge in [-0.2, -0.15) is 0 Å². The van der Waals surface area contributed by atoms with Crippen molar-refractivity contribution in [3.05, 3.63) is 54.1 Å². The maximum Gasteiger partial charge on any atom is 0.344 e. The molecule has 12 heteroatoms. The van der Waals surface area contributed by atoms with Gasteiger partial charge < -0.3 is 19.3 Å². The van der Waals surface area contributed by atoms with Gasteiger partial charge in [0, 0.05) is 13.1 Å². The summed E-state index contributed by atoms with van der Waals surface area (Å²) in [6.07, 6.45) is 1.29. The molecule has 2 aromatic heterocycles. The quantitative estimate of drug-likeness (QED) is 0.490. The minimum Gasteiger partial charge on any atom is -0.482 e. The number of hydrogen-bond donors (Lipinski definition) is 1. The first kappa shape index (κ1) is 21.3. The topological polar surface area (TPSA) is 128 Å². The smallest absolute Gasteiger partial charge is 0.344 e. The Morgan fingerprint density at radius 3 is 2.57 bits per heavy atom. The van der Waals surface area contributed by atoms with E-state index in [0.717, 1.165) is 15.6 Å². The lowest BCUT2D eigenvalue weighted by molar-refractivity contribution is -0.149. The maximum atomic E-state index is 12.5. The first-order valence-electron chi connectivity index (χ1n) is 8.47. The lowest BCUT2D eigenvalue weighted by Crippen LogP contribution is -2.25. The molecule has 2 heterocycles. The maximum absolute atomic E-state index is 12.5. The van der Waals surface area contributed by atoms with Crippen molar-refractivity contribution in [1.82, 2.24) is 5.16 Å². The van der Waals surface area contributed by atoms with Crippen molar-refractivity contribution in [1.29, 1.82) is 0 Å². The van der Waals surface area contributed by atoms with Crippen LogP contribution in [0.5, 0.6) is 5.75 Å². The second-order valence-corrected chi connectivity index (χ2v) is 8.92. The predicted molar refractivity (Wildman–Crippen MR) is 108 cm³/mol. The van der Waals surface area contributed by atoms with Crippen LogP contribution >= 0.6 is 11.3 Å². The van der Waals surface area contributed by atoms with Gasteiger partial charge in [-0.15, -0.1) is 11.3 Å². The number of hydrogen-bond acceptors (Lipinski definition) is 9. The normalized spacial score (nSPS) is 11.0. The van der Waals surface area contributed by atoms with Crippen molar-refractivity contribution >= 4 is 44.7 Å². The molecule has 3 rings (SSSR count). The SMILES string of the molecule is CN(c1ccc(OCC(=O)OCC(=O)Nc2ccon2)cc1)S(=O)(=O)c1cccs1. The second kappa shape index (κ2) is 9.41. The van der Waals surface area contributed by atoms with Gasteiger partial charge in [0.25, 0.3) is 15.9 Å². The summed E-state index contributed by atoms with van der Waals surface area (Å²) in [6, 6.07) is 10.8. The standard InChI is InChI=1S/C18H17N3O7S2/c1-21(30(24,25)18-3-2-10-29-18)13-4-6-14(7-5-13)26-12-17(23)27-11-16(22)19-15-8-9-28-20-15/h2-10H,11-12H2,1H3,(H,19,20,22). The van der Waals surface area contributed by atoms with E-state index in [1.54, 1.807) is 23.6 Å². The van der Waals surface area contributed by atoms with Crippen LogP contribution < -0.4 is 14.4 Å². The highest BCUT2D eigenvalue weighted by Gasteiger charge is 2.22. The van der Waals surface area contributed by atoms with E-state index in [1.165, 1.54) is 37.6 Å². The summed E-state index contributed by atoms with van der Waals surface area (Å²) in [7, 11) is -2.18. The van der Waals surface area contributed by atoms with E-state index < -0.39 is 35.1 Å². The Hall–Kier alpha value is -3.38. The number of sulfonamides is 1. The van der Waals surface area contributed by atoms with Crippen LogP contribution in [0.1, 0.15) is 0 Å². The molecule has 1 amide bonds. The summed E-state index contributed by atoms with van der Waals surface area (Å²) in [5, 5.41) is 7.56. The average molecular weight is 451 g/mol. The van der Waals surface area contributed by atoms with Crippen molar-refractivity contribution in [2.24, 2.45) is 0 Å². The Labute approximate surface area is 176 Å². The molecule has 1 N–H and O–H groups in total. The van der Waals surface area contributed by atoms with Crippen molar-refractivity contribution in [3.8, 4) is 5.75 Å². The first-order valence-corrected chi connectivity index (χ1v) is 10.8. The van der Waals surface area contributed by atoms with Crippen molar-refractivity contribution < 1.29 is 32.0 Å². The van der Waals surface area contributed by atoms with Crippen LogP contribution in [0.4, 0.5) is 11.5 Å². The highest BCUT2D eigenvalue weighted by atomic mass is 32.2. The molecule has 0 bridgehead atoms. The van der Waals surface area contributed by atoms with Gasteiger partial charge in [0.15, 0.2) is 19.0 Å². The third kappa shape index (κ3) is 5.36. The van der Waals surface area contributed by atoms with Crippen LogP contribution in [-0.4, -0.2) is 45.7 Å². The molecule has 0 aliphatic carbocycles. The van der Waals surface area contributed by atoms with Gasteiger partial charge in [-0.25, -0.2) is 13.2 Å². The van der Waals surface area contributed by atoms with Gasteiger partial charge in [0.05, 0.1) is 5.69 Å². The number of nitrogens with zero attached hydrogens (tertiary/aromatic N) is 2. The molecular weight excluding hydrogens is 434 g/mol. The molecule has 158 valence electrons. The van der Waals surface area contributed by atoms with E-state index in [9.17, 15) is 18.0 Å². The van der Waals surface area contributed by atoms with Crippen LogP contribution in [0.25, 0.3) is 0 Å². The Morgan fingerprint density at radius 1 is 1.17 bits per heavy atom. The number of thiophene rings is 1. The average Bonchev–Trinajstić information content (AvgIpc) is 3.45. The molecule has 0 saturated carbocycles. The molecule has 0 aliphatic rings. The number of benzene rings is 1. The zero-order valence-corrected chi connectivity index (χ0v) is 17.3. The Bertz CT molecular complexity index is 1080. The fourth-order valence-electron chi connectivity index (χ4n) is 2.22. The number of nitrogens with one attached hydrogen (secondary N) is 1. The summed E-state index contributed by atoms with van der Waals surface area (Å²) in [5.41, 5.74) is 0.433. The van der Waals surface area contributed by atoms with Gasteiger partial charge in [-0.05, 0) is 35.7 Å². The third-order valence-electron chi connectivity index (χ3n) is 3.74. The minimum absolute atomic E-state index is 0.207. The number of carbonyl (C=O) groups is 2. The Balaban J connectivity index is 1.47. The molecular formula is C18H17N3O7S2. The zero-order chi connectivity index (χ0) is 21.6. The van der Waals surface area contributed by atoms with E-state index in [4.69, 9.17) is 9.47 Å². The molecule has 1 aromatic carbocycles. The number of anilines is 2. The molecule has 0 radical (unpaired) electrons. The summed E-state index contributed by atoms with van der Waals surface area (Å²) >= 11 is 1.13. The van der Waals surface area contributed by atoms with E-state index in [-0.39, 0.29) is 10.0 Å². The number of rotatable bonds is 9. The minimum atomic E-state index is -3.63. The van der Waals surface area contributed by atoms with Crippen LogP contribution in [0.3, 0.4) is 0 Å². The molecule has 0 saturated heterocycles. The Kier molecular flexibility index (Phi) is 6.69. The number of aromatic nitrogens is 1. The van der Waals surface area contributed by atoms with Gasteiger partial charge >= 0.3 is 5.97 Å². The number of esters is 1. The van der Waals surface area contributed by atoms with Crippen LogP contribution in [0, 0.1) is 0 Å². The van der Waals surface area contributed by atoms with Crippen molar-refractivity contribution in [2.45, 2.75) is 4.21 Å². The van der Waals surface area contributed by atoms with Gasteiger partial charge in [-0.1, -0.05) is 11.2 Å². The molecule has 10 nitrogen and oxygen atoms in total.